The summed E-state index contributed by atoms with van der Waals surface area (Å²) >= 11 is 0. The van der Waals surface area contributed by atoms with E-state index in [9.17, 15) is 38.7 Å². The molecule has 2 aliphatic rings. The van der Waals surface area contributed by atoms with E-state index in [0.29, 0.717) is 36.2 Å². The summed E-state index contributed by atoms with van der Waals surface area (Å²) in [6, 6.07) is 12.8. The lowest BCUT2D eigenvalue weighted by molar-refractivity contribution is -0.153. The zero-order valence-corrected chi connectivity index (χ0v) is 60.4. The van der Waals surface area contributed by atoms with E-state index in [2.05, 4.69) is 21.3 Å². The third kappa shape index (κ3) is 21.6. The van der Waals surface area contributed by atoms with Gasteiger partial charge in [-0.2, -0.15) is 0 Å². The van der Waals surface area contributed by atoms with Crippen molar-refractivity contribution in [2.75, 3.05) is 69.0 Å². The number of hydrogen-bond acceptors (Lipinski definition) is 13. The molecule has 2 fully saturated rings. The van der Waals surface area contributed by atoms with Crippen molar-refractivity contribution in [2.24, 2.45) is 17.8 Å². The molecule has 98 heavy (non-hydrogen) atoms. The van der Waals surface area contributed by atoms with E-state index in [0.717, 1.165) is 38.9 Å². The van der Waals surface area contributed by atoms with Crippen LogP contribution in [0.2, 0.25) is 0 Å². The number of likely N-dealkylation sites (tertiary alicyclic amines) is 1. The van der Waals surface area contributed by atoms with E-state index in [1.54, 1.807) is 103 Å². The first-order valence-corrected chi connectivity index (χ1v) is 34.3. The lowest BCUT2D eigenvalue weighted by Crippen LogP contribution is -2.62. The van der Waals surface area contributed by atoms with Gasteiger partial charge in [-0.3, -0.25) is 57.5 Å². The van der Waals surface area contributed by atoms with Crippen molar-refractivity contribution in [3.05, 3.63) is 108 Å². The number of aliphatic hydroxyl groups excluding tert-OH is 1. The van der Waals surface area contributed by atoms with Gasteiger partial charge in [0.25, 0.3) is 0 Å². The third-order valence-electron chi connectivity index (χ3n) is 19.1. The number of benzene rings is 3. The van der Waals surface area contributed by atoms with E-state index in [1.807, 2.05) is 41.5 Å². The van der Waals surface area contributed by atoms with Gasteiger partial charge in [-0.25, -0.2) is 0 Å². The lowest BCUT2D eigenvalue weighted by Gasteiger charge is -2.39. The van der Waals surface area contributed by atoms with Crippen LogP contribution >= 0.6 is 0 Å². The van der Waals surface area contributed by atoms with Crippen molar-refractivity contribution in [1.82, 2.24) is 60.5 Å². The molecule has 2 heterocycles. The summed E-state index contributed by atoms with van der Waals surface area (Å²) < 4.78 is 0. The molecule has 0 bridgehead atoms. The van der Waals surface area contributed by atoms with Crippen LogP contribution in [0.15, 0.2) is 91.0 Å². The smallest absolute Gasteiger partial charge is 0.248 e. The second kappa shape index (κ2) is 37.3. The van der Waals surface area contributed by atoms with Gasteiger partial charge < -0.3 is 65.6 Å². The Labute approximate surface area is 579 Å². The molecule has 538 valence electrons. The number of amides is 12. The predicted molar refractivity (Wildman–Crippen MR) is 372 cm³/mol. The molecule has 3 aromatic rings. The highest BCUT2D eigenvalue weighted by molar-refractivity contribution is 6.00. The zero-order chi connectivity index (χ0) is 73.0. The Kier molecular flexibility index (Phi) is 30.4. The number of aliphatic hydroxyl groups is 1. The van der Waals surface area contributed by atoms with Crippen molar-refractivity contribution in [2.45, 2.75) is 193 Å². The molecular formula is C73H108N12O13. The number of piperidine rings is 1. The predicted octanol–water partition coefficient (Wildman–Crippen LogP) is 3.05. The van der Waals surface area contributed by atoms with Crippen LogP contribution in [-0.4, -0.2) is 251 Å². The summed E-state index contributed by atoms with van der Waals surface area (Å²) in [6.45, 7) is 15.8. The van der Waals surface area contributed by atoms with Gasteiger partial charge in [-0.05, 0) is 87.3 Å². The molecule has 0 spiro atoms. The fourth-order valence-electron chi connectivity index (χ4n) is 12.4. The largest absolute Gasteiger partial charge is 0.391 e. The van der Waals surface area contributed by atoms with Crippen LogP contribution in [0, 0.1) is 17.8 Å². The van der Waals surface area contributed by atoms with Gasteiger partial charge in [0.05, 0.1) is 19.1 Å². The average molecular weight is 1360 g/mol. The molecule has 12 amide bonds. The highest BCUT2D eigenvalue weighted by atomic mass is 16.3. The van der Waals surface area contributed by atoms with E-state index in [1.165, 1.54) is 77.9 Å². The zero-order valence-electron chi connectivity index (χ0n) is 60.4. The van der Waals surface area contributed by atoms with Crippen LogP contribution in [-0.2, 0) is 76.8 Å². The molecule has 5 rings (SSSR count). The minimum atomic E-state index is -1.83. The molecule has 25 nitrogen and oxygen atoms in total. The molecule has 12 atom stereocenters. The fourth-order valence-corrected chi connectivity index (χ4v) is 12.4. The van der Waals surface area contributed by atoms with Crippen molar-refractivity contribution >= 4 is 70.9 Å². The Hall–Kier alpha value is -8.74. The number of nitrogens with zero attached hydrogens (tertiary/aromatic N) is 8. The maximum atomic E-state index is 15.7. The summed E-state index contributed by atoms with van der Waals surface area (Å²) in [7, 11) is 9.59. The molecule has 0 aromatic heterocycles. The van der Waals surface area contributed by atoms with Gasteiger partial charge in [0.15, 0.2) is 0 Å². The summed E-state index contributed by atoms with van der Waals surface area (Å²) in [6.07, 6.45) is 0.771. The summed E-state index contributed by atoms with van der Waals surface area (Å²) in [4.78, 5) is 188. The van der Waals surface area contributed by atoms with E-state index < -0.39 is 144 Å². The molecule has 5 N–H and O–H groups in total. The Bertz CT molecular complexity index is 3220. The molecule has 2 aliphatic heterocycles. The van der Waals surface area contributed by atoms with Crippen LogP contribution in [0.3, 0.4) is 0 Å². The van der Waals surface area contributed by atoms with Gasteiger partial charge in [0.1, 0.15) is 60.4 Å². The second-order valence-electron chi connectivity index (χ2n) is 27.6. The Morgan fingerprint density at radius 1 is 0.592 bits per heavy atom. The quantitative estimate of drug-likeness (QED) is 0.0968. The van der Waals surface area contributed by atoms with E-state index in [4.69, 9.17) is 0 Å². The van der Waals surface area contributed by atoms with Crippen LogP contribution in [0.5, 0.6) is 0 Å². The van der Waals surface area contributed by atoms with Crippen LogP contribution < -0.4 is 21.3 Å². The summed E-state index contributed by atoms with van der Waals surface area (Å²) in [5.74, 6) is -9.55. The highest BCUT2D eigenvalue weighted by Gasteiger charge is 2.44. The number of carbonyl (C=O) groups is 12. The fraction of sp³-hybridized carbons (Fsp3) is 0.589. The molecule has 0 saturated carbocycles. The Morgan fingerprint density at radius 3 is 1.62 bits per heavy atom. The first-order chi connectivity index (χ1) is 46.2. The number of likely N-dealkylation sites (N-methyl/N-ethyl adjacent to an activating group) is 7. The van der Waals surface area contributed by atoms with Gasteiger partial charge in [0, 0.05) is 81.7 Å². The Balaban J connectivity index is 1.60. The van der Waals surface area contributed by atoms with Crippen LogP contribution in [0.4, 0.5) is 0 Å². The minimum absolute atomic E-state index is 0.00489. The molecule has 0 unspecified atom stereocenters. The topological polar surface area (TPSA) is 299 Å². The number of rotatable bonds is 22. The van der Waals surface area contributed by atoms with Crippen molar-refractivity contribution < 1.29 is 62.6 Å². The second-order valence-corrected chi connectivity index (χ2v) is 27.6. The molecule has 0 aliphatic carbocycles. The average Bonchev–Trinajstić information content (AvgIpc) is 0.817. The standard InChI is InChI=1S/C73H108N12O13/c1-17-47(6)62(73(98)85-36-28-21-29-37-85)76-64(89)49(8)79(11)69(94)58(41-52-32-24-19-25-33-52)84(16)70(95)57(39-46(4)5)83(15)68(93)54-43-60(87)74-48(7)67(92)82(14)59(42-53-34-26-20-27-35-53)71(96)81(13)55(38-45(2)3)66(91)77-63(50(9)86)72(97)78(10)44-61(88)80(12)56(65(90)75-54)40-51-30-22-18-23-31-51/h18-20,22-27,30-35,45-50,54-59,62-63,86H,17,21,28-29,36-44H2,1-16H3,(H,74,87)(H,75,90)(H,76,89)(H,77,91)/t47-,48-,49-,50+,54-,55-,56-,57-,58-,59-,62-,63-/m0/s1. The normalized spacial score (nSPS) is 21.9. The van der Waals surface area contributed by atoms with Crippen molar-refractivity contribution in [3.8, 4) is 0 Å². The molecule has 3 aromatic carbocycles. The van der Waals surface area contributed by atoms with Gasteiger partial charge in [-0.1, -0.05) is 139 Å². The first-order valence-electron chi connectivity index (χ1n) is 34.3. The van der Waals surface area contributed by atoms with Gasteiger partial charge >= 0.3 is 0 Å². The third-order valence-corrected chi connectivity index (χ3v) is 19.1. The highest BCUT2D eigenvalue weighted by Crippen LogP contribution is 2.24. The summed E-state index contributed by atoms with van der Waals surface area (Å²) in [5, 5.41) is 22.1. The SMILES string of the molecule is CC[C@H](C)[C@H](NC(=O)[C@H](C)N(C)C(=O)[C@H](Cc1ccccc1)N(C)C(=O)[C@H](CC(C)C)N(C)C(=O)[C@@H]1CC(=O)N[C@@H](C)C(=O)N(C)[C@@H](Cc2ccccc2)C(=O)N(C)[C@@H](CC(C)C)C(=O)N[C@@H]([C@@H](C)O)C(=O)N(C)CC(=O)N(C)[C@@H](Cc2ccccc2)C(=O)N1)C(=O)N1CCCCC1. The molecule has 25 heteroatoms. The number of nitrogens with one attached hydrogen (secondary N) is 4. The minimum Gasteiger partial charge on any atom is -0.391 e. The van der Waals surface area contributed by atoms with Gasteiger partial charge in [-0.15, -0.1) is 0 Å². The number of carbonyl (C=O) groups excluding carboxylic acids is 12. The van der Waals surface area contributed by atoms with Gasteiger partial charge in [0.2, 0.25) is 70.9 Å². The van der Waals surface area contributed by atoms with E-state index >= 15 is 24.0 Å². The summed E-state index contributed by atoms with van der Waals surface area (Å²) in [5.41, 5.74) is 1.88. The lowest BCUT2D eigenvalue weighted by atomic mass is 9.96. The maximum absolute atomic E-state index is 15.7. The number of hydrogen-bond donors (Lipinski definition) is 5. The van der Waals surface area contributed by atoms with Crippen molar-refractivity contribution in [3.63, 3.8) is 0 Å². The maximum Gasteiger partial charge on any atom is 0.248 e. The van der Waals surface area contributed by atoms with Crippen LogP contribution in [0.25, 0.3) is 0 Å². The monoisotopic (exact) mass is 1360 g/mol. The van der Waals surface area contributed by atoms with Crippen molar-refractivity contribution in [1.29, 1.82) is 0 Å². The van der Waals surface area contributed by atoms with Crippen LogP contribution in [0.1, 0.15) is 124 Å². The molecular weight excluding hydrogens is 1250 g/mol. The first kappa shape index (κ1) is 79.9. The molecule has 0 radical (unpaired) electrons. The molecule has 2 saturated heterocycles. The Morgan fingerprint density at radius 2 is 1.10 bits per heavy atom. The van der Waals surface area contributed by atoms with E-state index in [-0.39, 0.29) is 55.8 Å².